The SMILES string of the molecule is O=C(O)C(F)(F)F.O=C(O)C(F)(F)F.O=C1CC[C@H]2[C@H](CCN2Cc2ccco2)N1Cc1cccnc1. The lowest BCUT2D eigenvalue weighted by molar-refractivity contribution is -0.193. The average molecular weight is 539 g/mol. The normalized spacial score (nSPS) is 19.7. The predicted molar refractivity (Wildman–Crippen MR) is 113 cm³/mol. The summed E-state index contributed by atoms with van der Waals surface area (Å²) >= 11 is 0. The van der Waals surface area contributed by atoms with Crippen LogP contribution in [-0.4, -0.2) is 73.8 Å². The molecule has 204 valence electrons. The number of carboxylic acid groups (broad SMARTS) is 2. The fourth-order valence-corrected chi connectivity index (χ4v) is 3.93. The van der Waals surface area contributed by atoms with Gasteiger partial charge < -0.3 is 19.5 Å². The molecule has 0 radical (unpaired) electrons. The van der Waals surface area contributed by atoms with Crippen molar-refractivity contribution in [1.29, 1.82) is 0 Å². The molecule has 37 heavy (non-hydrogen) atoms. The van der Waals surface area contributed by atoms with Crippen molar-refractivity contribution in [3.63, 3.8) is 0 Å². The van der Waals surface area contributed by atoms with E-state index >= 15 is 0 Å². The second kappa shape index (κ2) is 12.6. The van der Waals surface area contributed by atoms with Crippen LogP contribution in [0.3, 0.4) is 0 Å². The minimum Gasteiger partial charge on any atom is -0.475 e. The molecule has 0 saturated carbocycles. The summed E-state index contributed by atoms with van der Waals surface area (Å²) in [6, 6.07) is 8.68. The molecule has 2 atom stereocenters. The van der Waals surface area contributed by atoms with Crippen molar-refractivity contribution in [2.75, 3.05) is 6.54 Å². The Balaban J connectivity index is 0.000000286. The first kappa shape index (κ1) is 29.6. The molecule has 2 aliphatic heterocycles. The van der Waals surface area contributed by atoms with Crippen LogP contribution in [0.2, 0.25) is 0 Å². The molecule has 15 heteroatoms. The maximum Gasteiger partial charge on any atom is 0.490 e. The van der Waals surface area contributed by atoms with Gasteiger partial charge in [-0.15, -0.1) is 0 Å². The first-order chi connectivity index (χ1) is 17.2. The van der Waals surface area contributed by atoms with Gasteiger partial charge in [0, 0.05) is 44.0 Å². The van der Waals surface area contributed by atoms with E-state index < -0.39 is 24.3 Å². The van der Waals surface area contributed by atoms with E-state index in [2.05, 4.69) is 14.8 Å². The van der Waals surface area contributed by atoms with Crippen LogP contribution in [0.5, 0.6) is 0 Å². The Morgan fingerprint density at radius 1 is 0.973 bits per heavy atom. The number of rotatable bonds is 4. The van der Waals surface area contributed by atoms with Gasteiger partial charge in [0.2, 0.25) is 5.91 Å². The summed E-state index contributed by atoms with van der Waals surface area (Å²) in [7, 11) is 0. The molecule has 2 aliphatic rings. The number of likely N-dealkylation sites (tertiary alicyclic amines) is 2. The molecule has 4 heterocycles. The zero-order valence-electron chi connectivity index (χ0n) is 19.1. The highest BCUT2D eigenvalue weighted by Gasteiger charge is 2.43. The van der Waals surface area contributed by atoms with Crippen molar-refractivity contribution in [3.05, 3.63) is 54.2 Å². The van der Waals surface area contributed by atoms with E-state index in [1.165, 1.54) is 0 Å². The van der Waals surface area contributed by atoms with Crippen molar-refractivity contribution in [1.82, 2.24) is 14.8 Å². The first-order valence-corrected chi connectivity index (χ1v) is 10.7. The number of hydrogen-bond acceptors (Lipinski definition) is 6. The van der Waals surface area contributed by atoms with E-state index in [1.54, 1.807) is 12.5 Å². The van der Waals surface area contributed by atoms with Crippen LogP contribution in [0.4, 0.5) is 26.3 Å². The second-order valence-electron chi connectivity index (χ2n) is 8.00. The predicted octanol–water partition coefficient (Wildman–Crippen LogP) is 3.71. The number of amides is 1. The smallest absolute Gasteiger partial charge is 0.475 e. The number of piperidine rings is 1. The summed E-state index contributed by atoms with van der Waals surface area (Å²) in [6.07, 6.45) is -2.19. The van der Waals surface area contributed by atoms with E-state index in [9.17, 15) is 31.1 Å². The van der Waals surface area contributed by atoms with Crippen molar-refractivity contribution >= 4 is 17.8 Å². The van der Waals surface area contributed by atoms with Crippen LogP contribution in [0.25, 0.3) is 0 Å². The van der Waals surface area contributed by atoms with Crippen LogP contribution < -0.4 is 0 Å². The third-order valence-electron chi connectivity index (χ3n) is 5.50. The number of aromatic nitrogens is 1. The number of pyridine rings is 1. The quantitative estimate of drug-likeness (QED) is 0.564. The van der Waals surface area contributed by atoms with Crippen molar-refractivity contribution in [3.8, 4) is 0 Å². The Labute approximate surface area is 206 Å². The lowest BCUT2D eigenvalue weighted by Crippen LogP contribution is -2.51. The number of carbonyl (C=O) groups excluding carboxylic acids is 1. The van der Waals surface area contributed by atoms with Gasteiger partial charge in [-0.05, 0) is 36.6 Å². The molecule has 0 spiro atoms. The van der Waals surface area contributed by atoms with Gasteiger partial charge >= 0.3 is 24.3 Å². The van der Waals surface area contributed by atoms with Gasteiger partial charge in [-0.3, -0.25) is 14.7 Å². The number of halogens is 6. The third kappa shape index (κ3) is 9.08. The molecular weight excluding hydrogens is 516 g/mol. The highest BCUT2D eigenvalue weighted by molar-refractivity contribution is 5.77. The number of alkyl halides is 6. The van der Waals surface area contributed by atoms with Gasteiger partial charge in [0.05, 0.1) is 12.8 Å². The molecule has 2 N–H and O–H groups in total. The molecular formula is C22H23F6N3O6. The van der Waals surface area contributed by atoms with Gasteiger partial charge in [-0.25, -0.2) is 9.59 Å². The average Bonchev–Trinajstić information content (AvgIpc) is 3.46. The van der Waals surface area contributed by atoms with Crippen LogP contribution >= 0.6 is 0 Å². The minimum absolute atomic E-state index is 0.273. The first-order valence-electron chi connectivity index (χ1n) is 10.7. The molecule has 1 amide bonds. The number of furan rings is 1. The fraction of sp³-hybridized carbons (Fsp3) is 0.455. The largest absolute Gasteiger partial charge is 0.490 e. The maximum atomic E-state index is 12.4. The molecule has 2 fully saturated rings. The van der Waals surface area contributed by atoms with Gasteiger partial charge in [0.1, 0.15) is 5.76 Å². The Morgan fingerprint density at radius 2 is 1.59 bits per heavy atom. The van der Waals surface area contributed by atoms with Crippen molar-refractivity contribution < 1.29 is 55.4 Å². The van der Waals surface area contributed by atoms with Crippen LogP contribution in [0, 0.1) is 0 Å². The monoisotopic (exact) mass is 539 g/mol. The van der Waals surface area contributed by atoms with Crippen molar-refractivity contribution in [2.45, 2.75) is 56.8 Å². The molecule has 0 aliphatic carbocycles. The van der Waals surface area contributed by atoms with Crippen molar-refractivity contribution in [2.24, 2.45) is 0 Å². The number of fused-ring (bicyclic) bond motifs is 1. The summed E-state index contributed by atoms with van der Waals surface area (Å²) in [5.74, 6) is -4.24. The molecule has 2 aromatic rings. The number of carboxylic acids is 2. The summed E-state index contributed by atoms with van der Waals surface area (Å²) < 4.78 is 69.0. The van der Waals surface area contributed by atoms with E-state index in [-0.39, 0.29) is 5.91 Å². The van der Waals surface area contributed by atoms with Gasteiger partial charge in [-0.2, -0.15) is 26.3 Å². The molecule has 0 aromatic carbocycles. The van der Waals surface area contributed by atoms with Gasteiger partial charge in [-0.1, -0.05) is 6.07 Å². The Bertz CT molecular complexity index is 1010. The summed E-state index contributed by atoms with van der Waals surface area (Å²) in [4.78, 5) is 38.9. The van der Waals surface area contributed by atoms with Gasteiger partial charge in [0.25, 0.3) is 0 Å². The van der Waals surface area contributed by atoms with E-state index in [0.717, 1.165) is 37.3 Å². The number of aliphatic carboxylic acids is 2. The number of hydrogen-bond donors (Lipinski definition) is 2. The zero-order valence-corrected chi connectivity index (χ0v) is 19.1. The fourth-order valence-electron chi connectivity index (χ4n) is 3.93. The summed E-state index contributed by atoms with van der Waals surface area (Å²) in [5.41, 5.74) is 1.10. The van der Waals surface area contributed by atoms with Crippen LogP contribution in [0.1, 0.15) is 30.6 Å². The molecule has 0 unspecified atom stereocenters. The topological polar surface area (TPSA) is 124 Å². The standard InChI is InChI=1S/C18H21N3O2.2C2HF3O2/c22-18-6-5-16-17(21(18)12-14-3-1-8-19-11-14)7-9-20(16)13-15-4-2-10-23-15;2*3-2(4,5)1(6)7/h1-4,8,10-11,16-17H,5-7,9,12-13H2;2*(H,6,7)/t16-,17-;;/m0../s1. The molecule has 0 bridgehead atoms. The lowest BCUT2D eigenvalue weighted by atomic mass is 9.95. The number of carbonyl (C=O) groups is 3. The summed E-state index contributed by atoms with van der Waals surface area (Å²) in [6.45, 7) is 2.53. The molecule has 4 rings (SSSR count). The summed E-state index contributed by atoms with van der Waals surface area (Å²) in [5, 5.41) is 14.2. The second-order valence-corrected chi connectivity index (χ2v) is 8.00. The minimum atomic E-state index is -5.08. The van der Waals surface area contributed by atoms with E-state index in [4.69, 9.17) is 24.2 Å². The molecule has 2 saturated heterocycles. The number of nitrogens with zero attached hydrogens (tertiary/aromatic N) is 3. The third-order valence-corrected chi connectivity index (χ3v) is 5.50. The molecule has 9 nitrogen and oxygen atoms in total. The van der Waals surface area contributed by atoms with E-state index in [0.29, 0.717) is 25.0 Å². The Hall–Kier alpha value is -3.62. The zero-order chi connectivity index (χ0) is 27.8. The maximum absolute atomic E-state index is 12.4. The van der Waals surface area contributed by atoms with Crippen LogP contribution in [0.15, 0.2) is 47.3 Å². The highest BCUT2D eigenvalue weighted by atomic mass is 19.4. The Morgan fingerprint density at radius 3 is 2.08 bits per heavy atom. The molecule has 2 aromatic heterocycles. The van der Waals surface area contributed by atoms with Crippen LogP contribution in [-0.2, 0) is 27.5 Å². The van der Waals surface area contributed by atoms with E-state index in [1.807, 2.05) is 30.5 Å². The highest BCUT2D eigenvalue weighted by Crippen LogP contribution is 2.33. The van der Waals surface area contributed by atoms with Gasteiger partial charge in [0.15, 0.2) is 0 Å². The lowest BCUT2D eigenvalue weighted by Gasteiger charge is -2.39. The Kier molecular flexibility index (Phi) is 10.1.